The van der Waals surface area contributed by atoms with Gasteiger partial charge in [0.15, 0.2) is 6.61 Å². The number of anilines is 2. The van der Waals surface area contributed by atoms with E-state index in [2.05, 4.69) is 26.0 Å². The molecule has 0 aromatic heterocycles. The van der Waals surface area contributed by atoms with E-state index in [4.69, 9.17) is 9.47 Å². The lowest BCUT2D eigenvalue weighted by atomic mass is 10.3. The van der Waals surface area contributed by atoms with Crippen molar-refractivity contribution in [3.05, 3.63) is 77.3 Å². The normalized spacial score (nSPS) is 10.9. The Bertz CT molecular complexity index is 1120. The third-order valence-electron chi connectivity index (χ3n) is 4.05. The molecule has 0 saturated heterocycles. The fourth-order valence-electron chi connectivity index (χ4n) is 2.59. The Balaban J connectivity index is 1.53. The number of sulfonamides is 1. The number of amides is 1. The summed E-state index contributed by atoms with van der Waals surface area (Å²) >= 11 is 3.31. The SMILES string of the molecule is CCOc1ccc(NC(=O)COc2ccc(S(=O)(=O)Nc3ccc(Br)cc3)cc2)cc1. The lowest BCUT2D eigenvalue weighted by Crippen LogP contribution is -2.20. The van der Waals surface area contributed by atoms with Crippen LogP contribution in [0.25, 0.3) is 0 Å². The van der Waals surface area contributed by atoms with Crippen molar-refractivity contribution in [2.75, 3.05) is 23.3 Å². The molecule has 31 heavy (non-hydrogen) atoms. The first-order valence-electron chi connectivity index (χ1n) is 9.40. The second-order valence-corrected chi connectivity index (χ2v) is 8.98. The quantitative estimate of drug-likeness (QED) is 0.441. The minimum absolute atomic E-state index is 0.0848. The molecule has 0 radical (unpaired) electrons. The smallest absolute Gasteiger partial charge is 0.262 e. The summed E-state index contributed by atoms with van der Waals surface area (Å²) in [7, 11) is -3.73. The van der Waals surface area contributed by atoms with Crippen molar-refractivity contribution in [2.24, 2.45) is 0 Å². The van der Waals surface area contributed by atoms with Gasteiger partial charge in [0, 0.05) is 15.8 Å². The molecule has 3 rings (SSSR count). The molecular formula is C22H21BrN2O5S. The van der Waals surface area contributed by atoms with Gasteiger partial charge in [0.25, 0.3) is 15.9 Å². The molecule has 0 aliphatic carbocycles. The molecule has 0 aliphatic heterocycles. The van der Waals surface area contributed by atoms with E-state index in [1.54, 1.807) is 48.5 Å². The Morgan fingerprint density at radius 1 is 0.839 bits per heavy atom. The average molecular weight is 505 g/mol. The number of ether oxygens (including phenoxy) is 2. The van der Waals surface area contributed by atoms with Gasteiger partial charge >= 0.3 is 0 Å². The van der Waals surface area contributed by atoms with Gasteiger partial charge in [-0.2, -0.15) is 0 Å². The molecule has 0 unspecified atom stereocenters. The second kappa shape index (κ2) is 10.3. The average Bonchev–Trinajstić information content (AvgIpc) is 2.76. The zero-order valence-corrected chi connectivity index (χ0v) is 19.1. The molecule has 0 atom stereocenters. The number of carbonyl (C=O) groups is 1. The molecule has 162 valence electrons. The van der Waals surface area contributed by atoms with Crippen LogP contribution in [0.15, 0.2) is 82.2 Å². The Kier molecular flexibility index (Phi) is 7.54. The van der Waals surface area contributed by atoms with E-state index in [0.717, 1.165) is 10.2 Å². The number of hydrogen-bond acceptors (Lipinski definition) is 5. The van der Waals surface area contributed by atoms with Crippen LogP contribution in [-0.2, 0) is 14.8 Å². The van der Waals surface area contributed by atoms with Crippen molar-refractivity contribution in [1.29, 1.82) is 0 Å². The summed E-state index contributed by atoms with van der Waals surface area (Å²) in [4.78, 5) is 12.2. The van der Waals surface area contributed by atoms with Gasteiger partial charge in [0.1, 0.15) is 11.5 Å². The van der Waals surface area contributed by atoms with Crippen LogP contribution in [0.3, 0.4) is 0 Å². The number of benzene rings is 3. The maximum absolute atomic E-state index is 12.5. The topological polar surface area (TPSA) is 93.7 Å². The van der Waals surface area contributed by atoms with Gasteiger partial charge in [0.2, 0.25) is 0 Å². The van der Waals surface area contributed by atoms with E-state index in [9.17, 15) is 13.2 Å². The van der Waals surface area contributed by atoms with Crippen molar-refractivity contribution in [3.8, 4) is 11.5 Å². The van der Waals surface area contributed by atoms with Crippen molar-refractivity contribution >= 4 is 43.2 Å². The van der Waals surface area contributed by atoms with Gasteiger partial charge in [-0.1, -0.05) is 15.9 Å². The lowest BCUT2D eigenvalue weighted by Gasteiger charge is -2.10. The van der Waals surface area contributed by atoms with Gasteiger partial charge in [-0.05, 0) is 79.7 Å². The van der Waals surface area contributed by atoms with E-state index in [1.807, 2.05) is 6.92 Å². The van der Waals surface area contributed by atoms with E-state index in [-0.39, 0.29) is 17.4 Å². The zero-order chi connectivity index (χ0) is 22.3. The molecule has 3 aromatic carbocycles. The fourth-order valence-corrected chi connectivity index (χ4v) is 3.92. The summed E-state index contributed by atoms with van der Waals surface area (Å²) in [6, 6.07) is 19.6. The summed E-state index contributed by atoms with van der Waals surface area (Å²) < 4.78 is 39.1. The van der Waals surface area contributed by atoms with Crippen LogP contribution >= 0.6 is 15.9 Å². The molecule has 7 nitrogen and oxygen atoms in total. The van der Waals surface area contributed by atoms with Crippen molar-refractivity contribution in [3.63, 3.8) is 0 Å². The second-order valence-electron chi connectivity index (χ2n) is 6.38. The first-order valence-corrected chi connectivity index (χ1v) is 11.7. The molecule has 3 aromatic rings. The molecule has 9 heteroatoms. The van der Waals surface area contributed by atoms with Crippen LogP contribution < -0.4 is 19.5 Å². The Hall–Kier alpha value is -3.04. The van der Waals surface area contributed by atoms with Crippen LogP contribution in [0.4, 0.5) is 11.4 Å². The van der Waals surface area contributed by atoms with Crippen LogP contribution in [-0.4, -0.2) is 27.5 Å². The summed E-state index contributed by atoms with van der Waals surface area (Å²) in [6.07, 6.45) is 0. The standard InChI is InChI=1S/C22H21BrN2O5S/c1-2-29-19-9-7-17(8-10-19)24-22(26)15-30-20-11-13-21(14-12-20)31(27,28)25-18-5-3-16(23)4-6-18/h3-14,25H,2,15H2,1H3,(H,24,26). The van der Waals surface area contributed by atoms with E-state index < -0.39 is 10.0 Å². The molecule has 0 saturated carbocycles. The maximum atomic E-state index is 12.5. The molecule has 0 aliphatic rings. The first-order chi connectivity index (χ1) is 14.9. The minimum atomic E-state index is -3.73. The Morgan fingerprint density at radius 3 is 2.00 bits per heavy atom. The highest BCUT2D eigenvalue weighted by molar-refractivity contribution is 9.10. The summed E-state index contributed by atoms with van der Waals surface area (Å²) in [5, 5.41) is 2.72. The van der Waals surface area contributed by atoms with Gasteiger partial charge in [-0.15, -0.1) is 0 Å². The van der Waals surface area contributed by atoms with Crippen LogP contribution in [0.2, 0.25) is 0 Å². The van der Waals surface area contributed by atoms with Crippen molar-refractivity contribution in [2.45, 2.75) is 11.8 Å². The number of halogens is 1. The minimum Gasteiger partial charge on any atom is -0.494 e. The molecule has 0 heterocycles. The Morgan fingerprint density at radius 2 is 1.39 bits per heavy atom. The zero-order valence-electron chi connectivity index (χ0n) is 16.7. The van der Waals surface area contributed by atoms with E-state index in [0.29, 0.717) is 23.7 Å². The van der Waals surface area contributed by atoms with Crippen LogP contribution in [0.1, 0.15) is 6.92 Å². The first kappa shape index (κ1) is 22.6. The highest BCUT2D eigenvalue weighted by atomic mass is 79.9. The van der Waals surface area contributed by atoms with Gasteiger partial charge in [-0.25, -0.2) is 8.42 Å². The summed E-state index contributed by atoms with van der Waals surface area (Å²) in [5.74, 6) is 0.767. The molecule has 0 fully saturated rings. The predicted molar refractivity (Wildman–Crippen MR) is 123 cm³/mol. The molecular weight excluding hydrogens is 484 g/mol. The molecule has 2 N–H and O–H groups in total. The monoisotopic (exact) mass is 504 g/mol. The largest absolute Gasteiger partial charge is 0.494 e. The number of rotatable bonds is 9. The summed E-state index contributed by atoms with van der Waals surface area (Å²) in [6.45, 7) is 2.25. The van der Waals surface area contributed by atoms with Gasteiger partial charge in [0.05, 0.1) is 11.5 Å². The summed E-state index contributed by atoms with van der Waals surface area (Å²) in [5.41, 5.74) is 1.08. The number of hydrogen-bond donors (Lipinski definition) is 2. The third-order valence-corrected chi connectivity index (χ3v) is 5.98. The third kappa shape index (κ3) is 6.73. The van der Waals surface area contributed by atoms with Crippen molar-refractivity contribution < 1.29 is 22.7 Å². The van der Waals surface area contributed by atoms with Gasteiger partial charge in [-0.3, -0.25) is 9.52 Å². The van der Waals surface area contributed by atoms with Crippen LogP contribution in [0.5, 0.6) is 11.5 Å². The highest BCUT2D eigenvalue weighted by Crippen LogP contribution is 2.21. The fraction of sp³-hybridized carbons (Fsp3) is 0.136. The maximum Gasteiger partial charge on any atom is 0.262 e. The molecule has 0 spiro atoms. The number of nitrogens with one attached hydrogen (secondary N) is 2. The highest BCUT2D eigenvalue weighted by Gasteiger charge is 2.14. The predicted octanol–water partition coefficient (Wildman–Crippen LogP) is 4.67. The molecule has 1 amide bonds. The van der Waals surface area contributed by atoms with Crippen LogP contribution in [0, 0.1) is 0 Å². The lowest BCUT2D eigenvalue weighted by molar-refractivity contribution is -0.118. The van der Waals surface area contributed by atoms with Gasteiger partial charge < -0.3 is 14.8 Å². The van der Waals surface area contributed by atoms with E-state index in [1.165, 1.54) is 24.3 Å². The number of carbonyl (C=O) groups excluding carboxylic acids is 1. The van der Waals surface area contributed by atoms with Crippen molar-refractivity contribution in [1.82, 2.24) is 0 Å². The molecule has 0 bridgehead atoms. The Labute approximate surface area is 189 Å². The van der Waals surface area contributed by atoms with E-state index >= 15 is 0 Å².